The molecule has 1 aliphatic rings. The molecule has 7 heteroatoms. The predicted octanol–water partition coefficient (Wildman–Crippen LogP) is 1.84. The molecule has 1 amide bonds. The molecule has 0 unspecified atom stereocenters. The highest BCUT2D eigenvalue weighted by Crippen LogP contribution is 2.23. The van der Waals surface area contributed by atoms with Gasteiger partial charge in [0.2, 0.25) is 15.9 Å². The van der Waals surface area contributed by atoms with Gasteiger partial charge in [-0.2, -0.15) is 0 Å². The molecule has 1 aliphatic carbocycles. The highest BCUT2D eigenvalue weighted by atomic mass is 32.2. The van der Waals surface area contributed by atoms with Crippen LogP contribution in [0.15, 0.2) is 29.2 Å². The molecular weight excluding hydrogens is 320 g/mol. The Labute approximate surface area is 136 Å². The van der Waals surface area contributed by atoms with Gasteiger partial charge in [-0.1, -0.05) is 12.1 Å². The molecule has 1 aromatic rings. The van der Waals surface area contributed by atoms with E-state index in [9.17, 15) is 13.2 Å². The Morgan fingerprint density at radius 2 is 2.09 bits per heavy atom. The van der Waals surface area contributed by atoms with Gasteiger partial charge < -0.3 is 5.32 Å². The van der Waals surface area contributed by atoms with Gasteiger partial charge in [-0.25, -0.2) is 12.7 Å². The third-order valence-electron chi connectivity index (χ3n) is 3.47. The van der Waals surface area contributed by atoms with Gasteiger partial charge >= 0.3 is 0 Å². The van der Waals surface area contributed by atoms with E-state index < -0.39 is 10.0 Å². The maximum absolute atomic E-state index is 12.1. The molecule has 0 aliphatic heterocycles. The van der Waals surface area contributed by atoms with Gasteiger partial charge in [0.15, 0.2) is 0 Å². The van der Waals surface area contributed by atoms with E-state index in [1.807, 2.05) is 13.0 Å². The van der Waals surface area contributed by atoms with Crippen LogP contribution in [-0.4, -0.2) is 44.0 Å². The Morgan fingerprint density at radius 3 is 2.68 bits per heavy atom. The van der Waals surface area contributed by atoms with Crippen LogP contribution in [0.2, 0.25) is 0 Å². The zero-order valence-corrected chi connectivity index (χ0v) is 14.7. The molecule has 0 spiro atoms. The molecule has 0 aromatic heterocycles. The molecular formula is C15H22N2O3S2. The Morgan fingerprint density at radius 1 is 1.41 bits per heavy atom. The molecule has 0 heterocycles. The number of thioether (sulfide) groups is 1. The maximum atomic E-state index is 12.1. The van der Waals surface area contributed by atoms with E-state index in [-0.39, 0.29) is 16.1 Å². The van der Waals surface area contributed by atoms with Crippen molar-refractivity contribution in [3.8, 4) is 0 Å². The number of sulfonamides is 1. The Balaban J connectivity index is 1.97. The first kappa shape index (κ1) is 17.3. The molecule has 22 heavy (non-hydrogen) atoms. The van der Waals surface area contributed by atoms with Gasteiger partial charge in [0, 0.05) is 25.9 Å². The van der Waals surface area contributed by atoms with Crippen molar-refractivity contribution in [2.75, 3.05) is 14.1 Å². The normalized spacial score (nSPS) is 16.5. The van der Waals surface area contributed by atoms with E-state index in [0.29, 0.717) is 11.8 Å². The third-order valence-corrected chi connectivity index (χ3v) is 6.50. The first-order valence-corrected chi connectivity index (χ1v) is 9.73. The quantitative estimate of drug-likeness (QED) is 0.821. The average molecular weight is 342 g/mol. The van der Waals surface area contributed by atoms with Crippen LogP contribution in [0, 0.1) is 0 Å². The highest BCUT2D eigenvalue weighted by molar-refractivity contribution is 7.99. The van der Waals surface area contributed by atoms with Crippen molar-refractivity contribution in [2.45, 2.75) is 41.7 Å². The minimum atomic E-state index is -3.42. The molecule has 1 fully saturated rings. The largest absolute Gasteiger partial charge is 0.352 e. The fraction of sp³-hybridized carbons (Fsp3) is 0.533. The van der Waals surface area contributed by atoms with E-state index in [1.54, 1.807) is 18.2 Å². The number of amides is 1. The minimum absolute atomic E-state index is 0.0598. The second-order valence-electron chi connectivity index (χ2n) is 5.67. The monoisotopic (exact) mass is 342 g/mol. The van der Waals surface area contributed by atoms with Gasteiger partial charge in [-0.15, -0.1) is 11.8 Å². The van der Waals surface area contributed by atoms with Crippen molar-refractivity contribution in [3.63, 3.8) is 0 Å². The van der Waals surface area contributed by atoms with Crippen molar-refractivity contribution in [3.05, 3.63) is 29.8 Å². The van der Waals surface area contributed by atoms with Crippen LogP contribution in [0.5, 0.6) is 0 Å². The molecule has 5 nitrogen and oxygen atoms in total. The minimum Gasteiger partial charge on any atom is -0.352 e. The molecule has 0 saturated heterocycles. The van der Waals surface area contributed by atoms with E-state index in [4.69, 9.17) is 0 Å². The summed E-state index contributed by atoms with van der Waals surface area (Å²) in [4.78, 5) is 12.2. The van der Waals surface area contributed by atoms with Gasteiger partial charge in [0.25, 0.3) is 0 Å². The number of rotatable bonds is 7. The first-order valence-electron chi connectivity index (χ1n) is 7.24. The van der Waals surface area contributed by atoms with E-state index in [2.05, 4.69) is 5.32 Å². The lowest BCUT2D eigenvalue weighted by atomic mass is 10.2. The molecule has 1 saturated carbocycles. The van der Waals surface area contributed by atoms with Crippen LogP contribution >= 0.6 is 11.8 Å². The lowest BCUT2D eigenvalue weighted by Gasteiger charge is -2.14. The second kappa shape index (κ2) is 7.02. The topological polar surface area (TPSA) is 66.5 Å². The predicted molar refractivity (Wildman–Crippen MR) is 89.2 cm³/mol. The summed E-state index contributed by atoms with van der Waals surface area (Å²) in [5.74, 6) is 0.667. The van der Waals surface area contributed by atoms with Crippen molar-refractivity contribution >= 4 is 27.7 Å². The zero-order chi connectivity index (χ0) is 16.3. The summed E-state index contributed by atoms with van der Waals surface area (Å²) in [5.41, 5.74) is 0.902. The lowest BCUT2D eigenvalue weighted by Crippen LogP contribution is -2.32. The number of nitrogens with one attached hydrogen (secondary N) is 1. The molecule has 1 atom stereocenters. The molecule has 122 valence electrons. The summed E-state index contributed by atoms with van der Waals surface area (Å²) in [5, 5.41) is 2.83. The van der Waals surface area contributed by atoms with Crippen LogP contribution in [0.25, 0.3) is 0 Å². The summed E-state index contributed by atoms with van der Waals surface area (Å²) in [6.45, 7) is 1.88. The van der Waals surface area contributed by atoms with E-state index >= 15 is 0 Å². The number of hydrogen-bond acceptors (Lipinski definition) is 4. The number of nitrogens with zero attached hydrogens (tertiary/aromatic N) is 1. The molecule has 0 bridgehead atoms. The SMILES string of the molecule is C[C@@H](SCc1cccc(S(=O)(=O)N(C)C)c1)C(=O)NC1CC1. The first-order chi connectivity index (χ1) is 10.3. The van der Waals surface area contributed by atoms with Gasteiger partial charge in [0.1, 0.15) is 0 Å². The van der Waals surface area contributed by atoms with Crippen molar-refractivity contribution in [1.82, 2.24) is 9.62 Å². The molecule has 0 radical (unpaired) electrons. The van der Waals surface area contributed by atoms with Crippen LogP contribution in [0.3, 0.4) is 0 Å². The standard InChI is InChI=1S/C15H22N2O3S2/c1-11(15(18)16-13-7-8-13)21-10-12-5-4-6-14(9-12)22(19,20)17(2)3/h4-6,9,11,13H,7-8,10H2,1-3H3,(H,16,18)/t11-/m1/s1. The van der Waals surface area contributed by atoms with Gasteiger partial charge in [-0.3, -0.25) is 4.79 Å². The Kier molecular flexibility index (Phi) is 5.52. The number of benzene rings is 1. The van der Waals surface area contributed by atoms with Gasteiger partial charge in [0.05, 0.1) is 10.1 Å². The van der Waals surface area contributed by atoms with E-state index in [0.717, 1.165) is 18.4 Å². The highest BCUT2D eigenvalue weighted by Gasteiger charge is 2.25. The summed E-state index contributed by atoms with van der Waals surface area (Å²) in [6.07, 6.45) is 2.15. The fourth-order valence-electron chi connectivity index (χ4n) is 1.85. The summed E-state index contributed by atoms with van der Waals surface area (Å²) < 4.78 is 25.4. The number of hydrogen-bond donors (Lipinski definition) is 1. The van der Waals surface area contributed by atoms with Crippen LogP contribution in [0.4, 0.5) is 0 Å². The van der Waals surface area contributed by atoms with Crippen molar-refractivity contribution < 1.29 is 13.2 Å². The van der Waals surface area contributed by atoms with Crippen LogP contribution in [-0.2, 0) is 20.6 Å². The van der Waals surface area contributed by atoms with Crippen LogP contribution in [0.1, 0.15) is 25.3 Å². The third kappa shape index (κ3) is 4.47. The molecule has 2 rings (SSSR count). The van der Waals surface area contributed by atoms with E-state index in [1.165, 1.54) is 30.2 Å². The van der Waals surface area contributed by atoms with Crippen LogP contribution < -0.4 is 5.32 Å². The zero-order valence-electron chi connectivity index (χ0n) is 13.1. The van der Waals surface area contributed by atoms with Crippen molar-refractivity contribution in [1.29, 1.82) is 0 Å². The number of carbonyl (C=O) groups is 1. The summed E-state index contributed by atoms with van der Waals surface area (Å²) in [7, 11) is -0.387. The average Bonchev–Trinajstić information content (AvgIpc) is 3.28. The second-order valence-corrected chi connectivity index (χ2v) is 9.15. The van der Waals surface area contributed by atoms with Crippen molar-refractivity contribution in [2.24, 2.45) is 0 Å². The summed E-state index contributed by atoms with van der Waals surface area (Å²) >= 11 is 1.51. The lowest BCUT2D eigenvalue weighted by molar-refractivity contribution is -0.120. The van der Waals surface area contributed by atoms with Gasteiger partial charge in [-0.05, 0) is 37.5 Å². The summed E-state index contributed by atoms with van der Waals surface area (Å²) in [6, 6.07) is 7.25. The number of carbonyl (C=O) groups excluding carboxylic acids is 1. The maximum Gasteiger partial charge on any atom is 0.242 e. The Bertz CT molecular complexity index is 640. The molecule has 1 aromatic carbocycles. The fourth-order valence-corrected chi connectivity index (χ4v) is 3.66. The Hall–Kier alpha value is -1.05. The smallest absolute Gasteiger partial charge is 0.242 e. The molecule has 1 N–H and O–H groups in total.